The largest absolute Gasteiger partial charge is 0.378 e. The smallest absolute Gasteiger partial charge is 0.270 e. The molecule has 1 atom stereocenters. The number of carbonyl (C=O) groups is 2. The number of non-ortho nitro benzene ring substituents is 1. The molecule has 2 rings (SSSR count). The standard InChI is InChI=1S/C19H22N4O4/c1-13(21-19(25)15-5-4-6-17(11-15)23(26)27)18(24)20-12-14-7-9-16(10-8-14)22(2)3/h4-11,13H,12H2,1-3H3,(H,20,24)(H,21,25)/t13-/m0/s1. The van der Waals surface area contributed by atoms with Crippen LogP contribution in [0.5, 0.6) is 0 Å². The van der Waals surface area contributed by atoms with Gasteiger partial charge < -0.3 is 15.5 Å². The second-order valence-corrected chi connectivity index (χ2v) is 6.28. The molecule has 8 nitrogen and oxygen atoms in total. The summed E-state index contributed by atoms with van der Waals surface area (Å²) in [5.74, 6) is -0.887. The van der Waals surface area contributed by atoms with E-state index in [0.717, 1.165) is 11.3 Å². The van der Waals surface area contributed by atoms with E-state index >= 15 is 0 Å². The summed E-state index contributed by atoms with van der Waals surface area (Å²) >= 11 is 0. The van der Waals surface area contributed by atoms with Crippen LogP contribution in [0.3, 0.4) is 0 Å². The van der Waals surface area contributed by atoms with E-state index in [0.29, 0.717) is 6.54 Å². The van der Waals surface area contributed by atoms with Crippen LogP contribution in [0.15, 0.2) is 48.5 Å². The van der Waals surface area contributed by atoms with Gasteiger partial charge in [0, 0.05) is 44.0 Å². The lowest BCUT2D eigenvalue weighted by Crippen LogP contribution is -2.44. The molecule has 0 saturated heterocycles. The normalized spacial score (nSPS) is 11.4. The van der Waals surface area contributed by atoms with Crippen molar-refractivity contribution in [3.63, 3.8) is 0 Å². The number of benzene rings is 2. The van der Waals surface area contributed by atoms with Gasteiger partial charge in [-0.25, -0.2) is 0 Å². The van der Waals surface area contributed by atoms with Crippen molar-refractivity contribution in [1.82, 2.24) is 10.6 Å². The first-order valence-electron chi connectivity index (χ1n) is 8.37. The molecule has 142 valence electrons. The predicted molar refractivity (Wildman–Crippen MR) is 103 cm³/mol. The van der Waals surface area contributed by atoms with E-state index in [1.807, 2.05) is 43.3 Å². The molecule has 0 unspecified atom stereocenters. The van der Waals surface area contributed by atoms with Gasteiger partial charge in [0.15, 0.2) is 0 Å². The number of nitro groups is 1. The Morgan fingerprint density at radius 1 is 1.15 bits per heavy atom. The molecule has 0 bridgehead atoms. The second-order valence-electron chi connectivity index (χ2n) is 6.28. The number of nitrogens with one attached hydrogen (secondary N) is 2. The predicted octanol–water partition coefficient (Wildman–Crippen LogP) is 2.10. The van der Waals surface area contributed by atoms with Gasteiger partial charge in [0.2, 0.25) is 5.91 Å². The minimum Gasteiger partial charge on any atom is -0.378 e. The average molecular weight is 370 g/mol. The maximum Gasteiger partial charge on any atom is 0.270 e. The molecule has 2 N–H and O–H groups in total. The highest BCUT2D eigenvalue weighted by Crippen LogP contribution is 2.13. The maximum absolute atomic E-state index is 12.2. The highest BCUT2D eigenvalue weighted by Gasteiger charge is 2.18. The van der Waals surface area contributed by atoms with Crippen molar-refractivity contribution in [2.45, 2.75) is 19.5 Å². The second kappa shape index (κ2) is 8.79. The van der Waals surface area contributed by atoms with Crippen LogP contribution in [0.2, 0.25) is 0 Å². The molecule has 8 heteroatoms. The van der Waals surface area contributed by atoms with Gasteiger partial charge in [-0.3, -0.25) is 19.7 Å². The molecular formula is C19H22N4O4. The number of hydrogen-bond acceptors (Lipinski definition) is 5. The number of nitro benzene ring substituents is 1. The Labute approximate surface area is 157 Å². The van der Waals surface area contributed by atoms with Crippen molar-refractivity contribution in [3.05, 3.63) is 69.8 Å². The fourth-order valence-corrected chi connectivity index (χ4v) is 2.36. The van der Waals surface area contributed by atoms with Gasteiger partial charge in [0.05, 0.1) is 4.92 Å². The van der Waals surface area contributed by atoms with Crippen molar-refractivity contribution >= 4 is 23.2 Å². The lowest BCUT2D eigenvalue weighted by molar-refractivity contribution is -0.384. The number of amides is 2. The van der Waals surface area contributed by atoms with Gasteiger partial charge >= 0.3 is 0 Å². The SMILES string of the molecule is C[C@H](NC(=O)c1cccc([N+](=O)[O-])c1)C(=O)NCc1ccc(N(C)C)cc1. The summed E-state index contributed by atoms with van der Waals surface area (Å²) in [5, 5.41) is 16.1. The van der Waals surface area contributed by atoms with Crippen LogP contribution in [-0.2, 0) is 11.3 Å². The minimum absolute atomic E-state index is 0.128. The van der Waals surface area contributed by atoms with Gasteiger partial charge in [0.25, 0.3) is 11.6 Å². The van der Waals surface area contributed by atoms with Crippen LogP contribution in [0.1, 0.15) is 22.8 Å². The molecular weight excluding hydrogens is 348 g/mol. The third kappa shape index (κ3) is 5.53. The van der Waals surface area contributed by atoms with Gasteiger partial charge in [-0.1, -0.05) is 18.2 Å². The van der Waals surface area contributed by atoms with Crippen molar-refractivity contribution in [2.75, 3.05) is 19.0 Å². The maximum atomic E-state index is 12.2. The van der Waals surface area contributed by atoms with Gasteiger partial charge in [0.1, 0.15) is 6.04 Å². The van der Waals surface area contributed by atoms with E-state index in [9.17, 15) is 19.7 Å². The Bertz CT molecular complexity index is 834. The van der Waals surface area contributed by atoms with Crippen LogP contribution in [0.4, 0.5) is 11.4 Å². The van der Waals surface area contributed by atoms with Crippen molar-refractivity contribution < 1.29 is 14.5 Å². The third-order valence-corrected chi connectivity index (χ3v) is 3.98. The van der Waals surface area contributed by atoms with Gasteiger partial charge in [-0.2, -0.15) is 0 Å². The first-order chi connectivity index (χ1) is 12.8. The molecule has 0 radical (unpaired) electrons. The molecule has 0 spiro atoms. The highest BCUT2D eigenvalue weighted by molar-refractivity contribution is 5.97. The van der Waals surface area contributed by atoms with Crippen molar-refractivity contribution in [2.24, 2.45) is 0 Å². The summed E-state index contributed by atoms with van der Waals surface area (Å²) in [4.78, 5) is 36.6. The van der Waals surface area contributed by atoms with E-state index in [-0.39, 0.29) is 17.2 Å². The van der Waals surface area contributed by atoms with Crippen LogP contribution < -0.4 is 15.5 Å². The summed E-state index contributed by atoms with van der Waals surface area (Å²) in [7, 11) is 3.89. The van der Waals surface area contributed by atoms with Crippen molar-refractivity contribution in [3.8, 4) is 0 Å². The molecule has 0 aromatic heterocycles. The zero-order chi connectivity index (χ0) is 20.0. The first-order valence-corrected chi connectivity index (χ1v) is 8.37. The summed E-state index contributed by atoms with van der Waals surface area (Å²) in [6, 6.07) is 12.3. The number of carbonyl (C=O) groups excluding carboxylic acids is 2. The topological polar surface area (TPSA) is 105 Å². The Kier molecular flexibility index (Phi) is 6.48. The van der Waals surface area contributed by atoms with Crippen LogP contribution >= 0.6 is 0 Å². The fourth-order valence-electron chi connectivity index (χ4n) is 2.36. The molecule has 0 fully saturated rings. The zero-order valence-corrected chi connectivity index (χ0v) is 15.4. The summed E-state index contributed by atoms with van der Waals surface area (Å²) < 4.78 is 0. The number of rotatable bonds is 7. The zero-order valence-electron chi connectivity index (χ0n) is 15.4. The number of anilines is 1. The Morgan fingerprint density at radius 2 is 1.81 bits per heavy atom. The Balaban J connectivity index is 1.90. The van der Waals surface area contributed by atoms with Gasteiger partial charge in [-0.15, -0.1) is 0 Å². The molecule has 0 aliphatic rings. The molecule has 0 aliphatic carbocycles. The van der Waals surface area contributed by atoms with E-state index in [1.54, 1.807) is 6.92 Å². The van der Waals surface area contributed by atoms with E-state index in [4.69, 9.17) is 0 Å². The molecule has 0 heterocycles. The van der Waals surface area contributed by atoms with E-state index in [2.05, 4.69) is 10.6 Å². The van der Waals surface area contributed by atoms with Crippen LogP contribution in [0, 0.1) is 10.1 Å². The minimum atomic E-state index is -0.780. The molecule has 2 aromatic rings. The molecule has 2 aromatic carbocycles. The third-order valence-electron chi connectivity index (χ3n) is 3.98. The summed E-state index contributed by atoms with van der Waals surface area (Å²) in [5.41, 5.74) is 1.94. The van der Waals surface area contributed by atoms with Crippen molar-refractivity contribution in [1.29, 1.82) is 0 Å². The lowest BCUT2D eigenvalue weighted by atomic mass is 10.1. The van der Waals surface area contributed by atoms with Crippen LogP contribution in [-0.4, -0.2) is 36.9 Å². The Morgan fingerprint density at radius 3 is 2.41 bits per heavy atom. The first kappa shape index (κ1) is 19.9. The fraction of sp³-hybridized carbons (Fsp3) is 0.263. The molecule has 0 aliphatic heterocycles. The molecule has 2 amide bonds. The van der Waals surface area contributed by atoms with Gasteiger partial charge in [-0.05, 0) is 30.7 Å². The average Bonchev–Trinajstić information content (AvgIpc) is 2.66. The lowest BCUT2D eigenvalue weighted by Gasteiger charge is -2.15. The molecule has 0 saturated carbocycles. The molecule has 27 heavy (non-hydrogen) atoms. The summed E-state index contributed by atoms with van der Waals surface area (Å²) in [6.45, 7) is 1.89. The highest BCUT2D eigenvalue weighted by atomic mass is 16.6. The van der Waals surface area contributed by atoms with E-state index in [1.165, 1.54) is 24.3 Å². The van der Waals surface area contributed by atoms with E-state index < -0.39 is 16.9 Å². The summed E-state index contributed by atoms with van der Waals surface area (Å²) in [6.07, 6.45) is 0. The Hall–Kier alpha value is -3.42. The monoisotopic (exact) mass is 370 g/mol. The van der Waals surface area contributed by atoms with Crippen LogP contribution in [0.25, 0.3) is 0 Å². The number of hydrogen-bond donors (Lipinski definition) is 2. The number of nitrogens with zero attached hydrogens (tertiary/aromatic N) is 2. The quantitative estimate of drug-likeness (QED) is 0.574.